The second-order valence-corrected chi connectivity index (χ2v) is 6.38. The van der Waals surface area contributed by atoms with Gasteiger partial charge in [-0.2, -0.15) is 50.5 Å². The zero-order valence-electron chi connectivity index (χ0n) is 10.7. The lowest BCUT2D eigenvalue weighted by molar-refractivity contribution is 0.416. The van der Waals surface area contributed by atoms with Gasteiger partial charge in [-0.25, -0.2) is 0 Å². The highest BCUT2D eigenvalue weighted by molar-refractivity contribution is 7.80. The second kappa shape index (κ2) is 13.8. The lowest BCUT2D eigenvalue weighted by atomic mass is 9.93. The van der Waals surface area contributed by atoms with Crippen LogP contribution < -0.4 is 0 Å². The van der Waals surface area contributed by atoms with Gasteiger partial charge >= 0.3 is 0 Å². The molecule has 0 aliphatic carbocycles. The molecule has 0 aromatic rings. The van der Waals surface area contributed by atoms with Gasteiger partial charge in [-0.05, 0) is 73.4 Å². The van der Waals surface area contributed by atoms with Crippen molar-refractivity contribution in [1.29, 1.82) is 0 Å². The summed E-state index contributed by atoms with van der Waals surface area (Å²) in [4.78, 5) is 0. The molecule has 0 bridgehead atoms. The monoisotopic (exact) mass is 312 g/mol. The third kappa shape index (κ3) is 11.0. The first-order valence-corrected chi connectivity index (χ1v) is 9.24. The summed E-state index contributed by atoms with van der Waals surface area (Å²) >= 11 is 17.4. The van der Waals surface area contributed by atoms with E-state index in [9.17, 15) is 0 Å². The van der Waals surface area contributed by atoms with Crippen molar-refractivity contribution in [1.82, 2.24) is 0 Å². The molecule has 104 valence electrons. The molecule has 0 aromatic heterocycles. The molecule has 0 saturated carbocycles. The maximum atomic E-state index is 4.44. The molecule has 0 aromatic carbocycles. The Labute approximate surface area is 130 Å². The predicted octanol–water partition coefficient (Wildman–Crippen LogP) is 4.67. The van der Waals surface area contributed by atoms with E-state index in [2.05, 4.69) is 50.5 Å². The van der Waals surface area contributed by atoms with Crippen LogP contribution in [0.3, 0.4) is 0 Å². The van der Waals surface area contributed by atoms with Gasteiger partial charge in [0.15, 0.2) is 0 Å². The third-order valence-electron chi connectivity index (χ3n) is 3.28. The first-order valence-electron chi connectivity index (χ1n) is 6.71. The van der Waals surface area contributed by atoms with E-state index in [1.54, 1.807) is 0 Å². The van der Waals surface area contributed by atoms with E-state index >= 15 is 0 Å². The van der Waals surface area contributed by atoms with Crippen LogP contribution in [0, 0.1) is 11.8 Å². The molecule has 0 radical (unpaired) electrons. The molecule has 0 amide bonds. The van der Waals surface area contributed by atoms with E-state index in [0.717, 1.165) is 34.8 Å². The molecule has 0 saturated heterocycles. The van der Waals surface area contributed by atoms with E-state index in [1.165, 1.54) is 44.9 Å². The summed E-state index contributed by atoms with van der Waals surface area (Å²) in [5, 5.41) is 0. The van der Waals surface area contributed by atoms with Gasteiger partial charge in [-0.1, -0.05) is 6.42 Å². The summed E-state index contributed by atoms with van der Waals surface area (Å²) in [6.07, 6.45) is 9.00. The fourth-order valence-corrected chi connectivity index (χ4v) is 3.20. The molecular formula is C13H28S4. The van der Waals surface area contributed by atoms with Gasteiger partial charge in [-0.3, -0.25) is 0 Å². The lowest BCUT2D eigenvalue weighted by Crippen LogP contribution is -2.07. The summed E-state index contributed by atoms with van der Waals surface area (Å²) in [6.45, 7) is 0. The molecule has 4 heteroatoms. The maximum absolute atomic E-state index is 4.44. The fraction of sp³-hybridized carbons (Fsp3) is 1.00. The van der Waals surface area contributed by atoms with Crippen molar-refractivity contribution in [2.24, 2.45) is 11.8 Å². The van der Waals surface area contributed by atoms with Gasteiger partial charge in [0.05, 0.1) is 0 Å². The molecule has 2 unspecified atom stereocenters. The highest BCUT2D eigenvalue weighted by Crippen LogP contribution is 2.21. The topological polar surface area (TPSA) is 0 Å². The lowest BCUT2D eigenvalue weighted by Gasteiger charge is -2.17. The van der Waals surface area contributed by atoms with Crippen molar-refractivity contribution < 1.29 is 0 Å². The highest BCUT2D eigenvalue weighted by Gasteiger charge is 2.09. The summed E-state index contributed by atoms with van der Waals surface area (Å²) in [5.41, 5.74) is 0. The van der Waals surface area contributed by atoms with Crippen molar-refractivity contribution >= 4 is 50.5 Å². The summed E-state index contributed by atoms with van der Waals surface area (Å²) < 4.78 is 0. The number of rotatable bonds is 12. The fourth-order valence-electron chi connectivity index (χ4n) is 2.11. The SMILES string of the molecule is SCCCC(CS)CCCC(CS)CCCS. The van der Waals surface area contributed by atoms with Crippen LogP contribution in [0.4, 0.5) is 0 Å². The Balaban J connectivity index is 3.61. The van der Waals surface area contributed by atoms with Gasteiger partial charge in [0.2, 0.25) is 0 Å². The van der Waals surface area contributed by atoms with Crippen molar-refractivity contribution in [3.63, 3.8) is 0 Å². The summed E-state index contributed by atoms with van der Waals surface area (Å²) in [6, 6.07) is 0. The molecule has 17 heavy (non-hydrogen) atoms. The quantitative estimate of drug-likeness (QED) is 0.370. The zero-order valence-corrected chi connectivity index (χ0v) is 14.3. The maximum Gasteiger partial charge on any atom is -0.00695 e. The molecule has 0 heterocycles. The van der Waals surface area contributed by atoms with E-state index < -0.39 is 0 Å². The molecule has 0 nitrogen and oxygen atoms in total. The van der Waals surface area contributed by atoms with Gasteiger partial charge in [0.25, 0.3) is 0 Å². The van der Waals surface area contributed by atoms with Gasteiger partial charge in [0.1, 0.15) is 0 Å². The van der Waals surface area contributed by atoms with Gasteiger partial charge in [-0.15, -0.1) is 0 Å². The Morgan fingerprint density at radius 2 is 0.882 bits per heavy atom. The Hall–Kier alpha value is 1.40. The molecule has 0 fully saturated rings. The molecule has 0 aliphatic heterocycles. The second-order valence-electron chi connectivity index (χ2n) is 4.76. The van der Waals surface area contributed by atoms with Crippen LogP contribution in [0.2, 0.25) is 0 Å². The Kier molecular flexibility index (Phi) is 15.0. The number of thiol groups is 4. The molecule has 0 aliphatic rings. The number of hydrogen-bond acceptors (Lipinski definition) is 4. The molecular weight excluding hydrogens is 284 g/mol. The van der Waals surface area contributed by atoms with Crippen molar-refractivity contribution in [3.05, 3.63) is 0 Å². The van der Waals surface area contributed by atoms with Crippen molar-refractivity contribution in [2.75, 3.05) is 23.0 Å². The van der Waals surface area contributed by atoms with Gasteiger partial charge in [0, 0.05) is 0 Å². The first kappa shape index (κ1) is 18.4. The van der Waals surface area contributed by atoms with Crippen molar-refractivity contribution in [2.45, 2.75) is 44.9 Å². The molecule has 0 rings (SSSR count). The van der Waals surface area contributed by atoms with Crippen LogP contribution in [-0.4, -0.2) is 23.0 Å². The van der Waals surface area contributed by atoms with Crippen LogP contribution in [0.15, 0.2) is 0 Å². The Morgan fingerprint density at radius 1 is 0.529 bits per heavy atom. The Bertz CT molecular complexity index is 136. The highest BCUT2D eigenvalue weighted by atomic mass is 32.1. The van der Waals surface area contributed by atoms with E-state index in [0.29, 0.717) is 0 Å². The minimum atomic E-state index is 0.788. The largest absolute Gasteiger partial charge is 0.179 e. The molecule has 2 atom stereocenters. The van der Waals surface area contributed by atoms with Crippen LogP contribution in [0.1, 0.15) is 44.9 Å². The molecule has 0 spiro atoms. The first-order chi connectivity index (χ1) is 8.28. The predicted molar refractivity (Wildman–Crippen MR) is 94.7 cm³/mol. The van der Waals surface area contributed by atoms with E-state index in [1.807, 2.05) is 0 Å². The van der Waals surface area contributed by atoms with Crippen LogP contribution in [-0.2, 0) is 0 Å². The van der Waals surface area contributed by atoms with Crippen molar-refractivity contribution in [3.8, 4) is 0 Å². The minimum Gasteiger partial charge on any atom is -0.179 e. The van der Waals surface area contributed by atoms with Crippen LogP contribution >= 0.6 is 50.5 Å². The van der Waals surface area contributed by atoms with E-state index in [-0.39, 0.29) is 0 Å². The summed E-state index contributed by atoms with van der Waals surface area (Å²) in [5.74, 6) is 5.63. The van der Waals surface area contributed by atoms with Crippen LogP contribution in [0.25, 0.3) is 0 Å². The standard InChI is InChI=1S/C13H28S4/c14-8-2-6-12(10-16)4-1-5-13(11-17)7-3-9-15/h12-17H,1-11H2. The van der Waals surface area contributed by atoms with Gasteiger partial charge < -0.3 is 0 Å². The average molecular weight is 313 g/mol. The molecule has 0 N–H and O–H groups in total. The Morgan fingerprint density at radius 3 is 1.18 bits per heavy atom. The van der Waals surface area contributed by atoms with E-state index in [4.69, 9.17) is 0 Å². The zero-order chi connectivity index (χ0) is 12.9. The summed E-state index contributed by atoms with van der Waals surface area (Å²) in [7, 11) is 0. The normalized spacial score (nSPS) is 14.8. The third-order valence-corrected chi connectivity index (χ3v) is 4.95. The smallest absolute Gasteiger partial charge is 0.00695 e. The average Bonchev–Trinajstić information content (AvgIpc) is 2.37. The minimum absolute atomic E-state index is 0.788. The number of hydrogen-bond donors (Lipinski definition) is 4. The van der Waals surface area contributed by atoms with Crippen LogP contribution in [0.5, 0.6) is 0 Å².